The van der Waals surface area contributed by atoms with Gasteiger partial charge >= 0.3 is 30.3 Å². The smallest absolute Gasteiger partial charge is 0.410 e. The molecule has 0 spiro atoms. The van der Waals surface area contributed by atoms with Crippen LogP contribution in [-0.4, -0.2) is 223 Å². The summed E-state index contributed by atoms with van der Waals surface area (Å²) in [7, 11) is 5.44. The zero-order valence-corrected chi connectivity index (χ0v) is 91.2. The first kappa shape index (κ1) is 112. The fourth-order valence-electron chi connectivity index (χ4n) is 24.2. The first-order valence-electron chi connectivity index (χ1n) is 54.1. The average molecular weight is 1970 g/mol. The molecule has 24 nitrogen and oxygen atoms in total. The van der Waals surface area contributed by atoms with Gasteiger partial charge in [0.25, 0.3) is 0 Å². The van der Waals surface area contributed by atoms with Gasteiger partial charge in [-0.1, -0.05) is 134 Å². The van der Waals surface area contributed by atoms with Gasteiger partial charge in [0.1, 0.15) is 28.4 Å². The van der Waals surface area contributed by atoms with Crippen molar-refractivity contribution >= 4 is 76.3 Å². The maximum Gasteiger partial charge on any atom is 0.410 e. The van der Waals surface area contributed by atoms with E-state index in [1.54, 1.807) is 35.5 Å². The Bertz CT molecular complexity index is 5310. The van der Waals surface area contributed by atoms with Gasteiger partial charge in [0.15, 0.2) is 0 Å². The molecule has 143 heavy (non-hydrogen) atoms. The van der Waals surface area contributed by atoms with E-state index in [2.05, 4.69) is 143 Å². The zero-order valence-electron chi connectivity index (χ0n) is 91.2. The third-order valence-electron chi connectivity index (χ3n) is 30.7. The van der Waals surface area contributed by atoms with Crippen LogP contribution in [0.4, 0.5) is 19.2 Å². The van der Waals surface area contributed by atoms with Crippen LogP contribution >= 0.6 is 0 Å². The minimum atomic E-state index is -1.01. The number of carboxylic acid groups (broad SMARTS) is 1. The number of carboxylic acids is 1. The number of hydrogen-bond acceptors (Lipinski definition) is 15. The van der Waals surface area contributed by atoms with Crippen molar-refractivity contribution in [2.24, 2.45) is 59.2 Å². The molecule has 3 saturated carbocycles. The third-order valence-corrected chi connectivity index (χ3v) is 30.7. The number of carbonyl (C=O) groups is 9. The minimum Gasteiger partial charge on any atom is -0.481 e. The second-order valence-electron chi connectivity index (χ2n) is 48.9. The molecule has 0 aromatic heterocycles. The second kappa shape index (κ2) is 48.2. The highest BCUT2D eigenvalue weighted by atomic mass is 16.6. The van der Waals surface area contributed by atoms with Crippen LogP contribution in [0.15, 0.2) is 101 Å². The summed E-state index contributed by atoms with van der Waals surface area (Å²) in [6, 6.07) is 27.5. The minimum absolute atomic E-state index is 0.0183. The van der Waals surface area contributed by atoms with Crippen molar-refractivity contribution in [2.45, 2.75) is 378 Å². The first-order valence-corrected chi connectivity index (χ1v) is 54.1. The van der Waals surface area contributed by atoms with Crippen LogP contribution in [0.3, 0.4) is 0 Å². The lowest BCUT2D eigenvalue weighted by Gasteiger charge is -2.41. The Labute approximate surface area is 855 Å². The SMILES string of the molecule is CC(C)CC1C2=C(CCN1C(=O)C1CCC(CN(C)C(=O)OC(C)(C)C)CC1)c1cc(CO)ccc1C2.CC(C)CC1C2=C(CCN1C(=O)C1CCC(CN(C)C(=O)OC(C)(C)C)CC1)c1ccc(CO)cc1C2.CC(C)CC1C2=C(CCN1C(=O)[C@@H](CCC(=O)O)NC(=O)OC(C)(C)C)c1ccccc1C2.Cc1ccc2c(c1)CC1=C2CCN(C(=O)C2CCC(CN(C)C(=O)OC(C)(C)C)CC2)C1CC(C)C. The van der Waals surface area contributed by atoms with Crippen LogP contribution in [0.1, 0.15) is 341 Å². The lowest BCUT2D eigenvalue weighted by atomic mass is 9.80. The molecule has 4 N–H and O–H groups in total. The predicted molar refractivity (Wildman–Crippen MR) is 566 cm³/mol. The summed E-state index contributed by atoms with van der Waals surface area (Å²) in [5.74, 6) is 3.19. The molecule has 24 heteroatoms. The number of carbonyl (C=O) groups excluding carboxylic acids is 8. The van der Waals surface area contributed by atoms with Gasteiger partial charge < -0.3 is 73.9 Å². The molecule has 0 radical (unpaired) electrons. The summed E-state index contributed by atoms with van der Waals surface area (Å²) in [5.41, 5.74) is 23.0. The molecular weight excluding hydrogens is 1800 g/mol. The number of hydrogen-bond donors (Lipinski definition) is 4. The number of nitrogens with zero attached hydrogens (tertiary/aromatic N) is 7. The maximum atomic E-state index is 13.9. The van der Waals surface area contributed by atoms with E-state index in [1.807, 2.05) is 107 Å². The van der Waals surface area contributed by atoms with E-state index in [-0.39, 0.29) is 92.2 Å². The highest BCUT2D eigenvalue weighted by molar-refractivity contribution is 5.91. The van der Waals surface area contributed by atoms with Crippen molar-refractivity contribution in [2.75, 3.05) is 67.0 Å². The average Bonchev–Trinajstić information content (AvgIpc) is 1.62. The van der Waals surface area contributed by atoms with Crippen LogP contribution in [0, 0.1) is 66.1 Å². The number of amides is 8. The lowest BCUT2D eigenvalue weighted by molar-refractivity contribution is -0.140. The number of nitrogens with one attached hydrogen (secondary N) is 1. The first-order chi connectivity index (χ1) is 67.3. The molecule has 4 aromatic carbocycles. The van der Waals surface area contributed by atoms with Crippen LogP contribution < -0.4 is 5.32 Å². The molecule has 786 valence electrons. The number of aliphatic hydroxyl groups is 2. The molecule has 4 unspecified atom stereocenters. The van der Waals surface area contributed by atoms with Crippen LogP contribution in [-0.2, 0) is 81.8 Å². The van der Waals surface area contributed by atoms with Crippen molar-refractivity contribution in [1.82, 2.24) is 39.6 Å². The number of ether oxygens (including phenoxy) is 4. The normalized spacial score (nSPS) is 22.6. The van der Waals surface area contributed by atoms with Crippen molar-refractivity contribution < 1.29 is 77.4 Å². The molecule has 4 aromatic rings. The van der Waals surface area contributed by atoms with Crippen LogP contribution in [0.25, 0.3) is 22.3 Å². The van der Waals surface area contributed by atoms with Crippen molar-refractivity contribution in [3.63, 3.8) is 0 Å². The Morgan fingerprint density at radius 3 is 1.06 bits per heavy atom. The van der Waals surface area contributed by atoms with Gasteiger partial charge in [-0.2, -0.15) is 0 Å². The zero-order chi connectivity index (χ0) is 104. The number of aliphatic hydroxyl groups excluding tert-OH is 2. The maximum absolute atomic E-state index is 13.9. The quantitative estimate of drug-likeness (QED) is 0.0474. The van der Waals surface area contributed by atoms with Crippen LogP contribution in [0.2, 0.25) is 0 Å². The molecule has 8 amide bonds. The summed E-state index contributed by atoms with van der Waals surface area (Å²) in [4.78, 5) is 130. The molecule has 4 heterocycles. The van der Waals surface area contributed by atoms with E-state index in [0.29, 0.717) is 85.3 Å². The van der Waals surface area contributed by atoms with Gasteiger partial charge in [-0.25, -0.2) is 19.2 Å². The van der Waals surface area contributed by atoms with Gasteiger partial charge in [0, 0.05) is 91.1 Å². The van der Waals surface area contributed by atoms with E-state index >= 15 is 0 Å². The fourth-order valence-corrected chi connectivity index (χ4v) is 24.2. The van der Waals surface area contributed by atoms with Gasteiger partial charge in [-0.05, 0) is 398 Å². The summed E-state index contributed by atoms with van der Waals surface area (Å²) in [6.45, 7) is 47.4. The second-order valence-corrected chi connectivity index (χ2v) is 48.9. The highest BCUT2D eigenvalue weighted by Crippen LogP contribution is 2.50. The van der Waals surface area contributed by atoms with E-state index in [9.17, 15) is 58.5 Å². The van der Waals surface area contributed by atoms with Crippen molar-refractivity contribution in [3.8, 4) is 0 Å². The van der Waals surface area contributed by atoms with Crippen molar-refractivity contribution in [3.05, 3.63) is 162 Å². The summed E-state index contributed by atoms with van der Waals surface area (Å²) in [5, 5.41) is 31.1. The van der Waals surface area contributed by atoms with Gasteiger partial charge in [0.2, 0.25) is 23.6 Å². The summed E-state index contributed by atoms with van der Waals surface area (Å²) < 4.78 is 21.9. The molecule has 3 fully saturated rings. The Morgan fingerprint density at radius 2 is 0.699 bits per heavy atom. The molecule has 5 atom stereocenters. The fraction of sp³-hybridized carbons (Fsp3) is 0.655. The van der Waals surface area contributed by atoms with E-state index in [1.165, 1.54) is 94.7 Å². The van der Waals surface area contributed by atoms with E-state index in [0.717, 1.165) is 185 Å². The van der Waals surface area contributed by atoms with E-state index in [4.69, 9.17) is 18.9 Å². The molecule has 7 aliphatic carbocycles. The molecular formula is C119H174N8O16. The molecule has 15 rings (SSSR count). The molecule has 4 aliphatic heterocycles. The molecule has 11 aliphatic rings. The number of aryl methyl sites for hydroxylation is 1. The van der Waals surface area contributed by atoms with Crippen molar-refractivity contribution in [1.29, 1.82) is 0 Å². The Morgan fingerprint density at radius 1 is 0.385 bits per heavy atom. The highest BCUT2D eigenvalue weighted by Gasteiger charge is 2.47. The Balaban J connectivity index is 0.000000170. The third kappa shape index (κ3) is 29.6. The number of alkyl carbamates (subject to hydrolysis) is 1. The monoisotopic (exact) mass is 1970 g/mol. The number of aliphatic carboxylic acids is 1. The topological polar surface area (TPSA) is 286 Å². The summed E-state index contributed by atoms with van der Waals surface area (Å²) >= 11 is 0. The predicted octanol–water partition coefficient (Wildman–Crippen LogP) is 22.6. The molecule has 0 saturated heterocycles. The van der Waals surface area contributed by atoms with Crippen LogP contribution in [0.5, 0.6) is 0 Å². The summed E-state index contributed by atoms with van der Waals surface area (Å²) in [6.07, 6.45) is 20.5. The molecule has 0 bridgehead atoms. The van der Waals surface area contributed by atoms with Gasteiger partial charge in [0.05, 0.1) is 37.4 Å². The van der Waals surface area contributed by atoms with E-state index < -0.39 is 40.5 Å². The van der Waals surface area contributed by atoms with Gasteiger partial charge in [-0.15, -0.1) is 0 Å². The Kier molecular flexibility index (Phi) is 37.8. The Hall–Kier alpha value is -9.81. The number of benzene rings is 4. The number of rotatable bonds is 24. The largest absolute Gasteiger partial charge is 0.481 e. The standard InChI is InChI=1S/2C31H46N2O4.C31H46N2O3.C26H36N2O5/c1-20(2)15-28-27-17-24-16-22(19-34)9-12-25(24)26(27)13-14-33(28)29(35)23-10-7-21(8-11-23)18-32(6)30(36)37-31(3,4)5;1-20(2)15-28-27-17-24-12-9-22(19-34)16-26(24)25(27)13-14-33(28)29(35)23-10-7-21(8-11-23)18-32(6)30(36)37-31(3,4)5;1-20(2)16-28-27-18-24-17-21(3)8-13-25(24)26(27)14-15-33(28)29(34)23-11-9-22(10-12-23)19-32(7)30(35)36-31(4,5)6;1-16(2)14-22-20-15-17-8-6-7-9-18(17)19(20)12-13-28(22)24(31)21(10-11-23(29)30)27-25(32)33-26(3,4)5/h2*9,12,16,20-21,23,28,34H,7-8,10-11,13-15,17-19H2,1-6H3;8,13,17,20,22-23,28H,9-12,14-16,18-19H2,1-7H3;6-9,16,21-22H,10-15H2,1-5H3,(H,27,32)(H,29,30)/t;;;21-,22?/m...1/s1. The number of fused-ring (bicyclic) bond motifs is 8. The van der Waals surface area contributed by atoms with Gasteiger partial charge in [-0.3, -0.25) is 24.0 Å². The lowest BCUT2D eigenvalue weighted by Crippen LogP contribution is -2.54.